The van der Waals surface area contributed by atoms with E-state index in [-0.39, 0.29) is 33.5 Å². The molecule has 224 valence electrons. The lowest BCUT2D eigenvalue weighted by atomic mass is 9.32. The van der Waals surface area contributed by atoms with Crippen LogP contribution in [0.1, 0.15) is 126 Å². The van der Waals surface area contributed by atoms with Gasteiger partial charge in [0.15, 0.2) is 0 Å². The molecule has 5 aliphatic rings. The lowest BCUT2D eigenvalue weighted by Gasteiger charge is -2.72. The van der Waals surface area contributed by atoms with E-state index in [9.17, 15) is 18.3 Å². The van der Waals surface area contributed by atoms with Crippen molar-refractivity contribution in [3.63, 3.8) is 0 Å². The van der Waals surface area contributed by atoms with Crippen LogP contribution in [-0.2, 0) is 19.1 Å². The Labute approximate surface area is 238 Å². The molecule has 0 aromatic heterocycles. The van der Waals surface area contributed by atoms with Crippen molar-refractivity contribution < 1.29 is 22.5 Å². The Kier molecular flexibility index (Phi) is 7.23. The summed E-state index contributed by atoms with van der Waals surface area (Å²) in [5, 5.41) is 10.6. The van der Waals surface area contributed by atoms with Gasteiger partial charge in [0.05, 0.1) is 17.3 Å². The highest BCUT2D eigenvalue weighted by atomic mass is 32.2. The highest BCUT2D eigenvalue weighted by molar-refractivity contribution is 7.86. The van der Waals surface area contributed by atoms with Crippen LogP contribution in [0.2, 0.25) is 0 Å². The summed E-state index contributed by atoms with van der Waals surface area (Å²) >= 11 is 0. The van der Waals surface area contributed by atoms with E-state index in [1.165, 1.54) is 6.42 Å². The van der Waals surface area contributed by atoms with E-state index in [1.54, 1.807) is 0 Å². The number of carboxylic acid groups (broad SMARTS) is 1. The van der Waals surface area contributed by atoms with Crippen molar-refractivity contribution in [1.29, 1.82) is 0 Å². The van der Waals surface area contributed by atoms with Crippen molar-refractivity contribution >= 4 is 16.1 Å². The van der Waals surface area contributed by atoms with Crippen LogP contribution in [0.5, 0.6) is 0 Å². The van der Waals surface area contributed by atoms with Crippen LogP contribution >= 0.6 is 0 Å². The third-order valence-corrected chi connectivity index (χ3v) is 15.9. The van der Waals surface area contributed by atoms with E-state index in [4.69, 9.17) is 4.18 Å². The zero-order valence-corrected chi connectivity index (χ0v) is 26.8. The van der Waals surface area contributed by atoms with Crippen LogP contribution in [0.15, 0.2) is 0 Å². The molecule has 5 unspecified atom stereocenters. The molecule has 0 bridgehead atoms. The summed E-state index contributed by atoms with van der Waals surface area (Å²) in [4.78, 5) is 12.9. The third-order valence-electron chi connectivity index (χ3n) is 14.4. The Morgan fingerprint density at radius 3 is 2.18 bits per heavy atom. The van der Waals surface area contributed by atoms with Gasteiger partial charge in [-0.05, 0) is 128 Å². The summed E-state index contributed by atoms with van der Waals surface area (Å²) in [7, 11) is -3.50. The summed E-state index contributed by atoms with van der Waals surface area (Å²) in [6, 6.07) is 0. The molecule has 5 nitrogen and oxygen atoms in total. The van der Waals surface area contributed by atoms with E-state index < -0.39 is 21.5 Å². The molecular formula is C33H56O5S. The average molecular weight is 565 g/mol. The second-order valence-corrected chi connectivity index (χ2v) is 18.0. The summed E-state index contributed by atoms with van der Waals surface area (Å²) < 4.78 is 31.3. The van der Waals surface area contributed by atoms with Gasteiger partial charge in [-0.1, -0.05) is 55.4 Å². The molecule has 0 aliphatic heterocycles. The fourth-order valence-electron chi connectivity index (χ4n) is 12.4. The number of aliphatic carboxylic acids is 1. The van der Waals surface area contributed by atoms with E-state index in [2.05, 4.69) is 48.5 Å². The second-order valence-electron chi connectivity index (χ2n) is 16.3. The normalized spacial score (nSPS) is 49.1. The van der Waals surface area contributed by atoms with Crippen LogP contribution < -0.4 is 0 Å². The predicted molar refractivity (Wildman–Crippen MR) is 156 cm³/mol. The lowest BCUT2D eigenvalue weighted by molar-refractivity contribution is -0.247. The molecule has 0 saturated heterocycles. The number of hydrogen-bond donors (Lipinski definition) is 1. The molecule has 0 aromatic rings. The number of carboxylic acids is 1. The maximum atomic E-state index is 12.9. The van der Waals surface area contributed by atoms with Crippen molar-refractivity contribution in [2.45, 2.75) is 132 Å². The van der Waals surface area contributed by atoms with Crippen molar-refractivity contribution in [1.82, 2.24) is 0 Å². The minimum Gasteiger partial charge on any atom is -0.481 e. The fraction of sp³-hybridized carbons (Fsp3) is 0.970. The first-order chi connectivity index (χ1) is 18.0. The first-order valence-electron chi connectivity index (χ1n) is 16.1. The maximum absolute atomic E-state index is 12.9. The molecule has 10 atom stereocenters. The number of carbonyl (C=O) groups is 1. The zero-order chi connectivity index (χ0) is 28.8. The van der Waals surface area contributed by atoms with Gasteiger partial charge in [0.2, 0.25) is 0 Å². The Hall–Kier alpha value is -0.620. The van der Waals surface area contributed by atoms with Gasteiger partial charge in [-0.15, -0.1) is 0 Å². The summed E-state index contributed by atoms with van der Waals surface area (Å²) in [5.74, 6) is 2.37. The monoisotopic (exact) mass is 564 g/mol. The van der Waals surface area contributed by atoms with Gasteiger partial charge in [-0.2, -0.15) is 8.42 Å². The standard InChI is InChI=1S/C33H56O5S/c1-9-20-39(36,37)38-26-14-15-30(6)24(29(26,4)5)13-16-32(8)25(30)11-10-23-27-22(21(2)3)12-17-33(27,28(34)35)19-18-31(23,32)7/h21-27H,9-20H2,1-8H3,(H,34,35)/t22-,23?,24?,25?,26?,27?,30-,31+,32+,33-/m0/s1. The van der Waals surface area contributed by atoms with E-state index >= 15 is 0 Å². The summed E-state index contributed by atoms with van der Waals surface area (Å²) in [5.41, 5.74) is -0.259. The van der Waals surface area contributed by atoms with Gasteiger partial charge in [-0.3, -0.25) is 8.98 Å². The fourth-order valence-corrected chi connectivity index (χ4v) is 13.7. The molecule has 0 heterocycles. The quantitative estimate of drug-likeness (QED) is 0.331. The van der Waals surface area contributed by atoms with Gasteiger partial charge in [-0.25, -0.2) is 0 Å². The average Bonchev–Trinajstić information content (AvgIpc) is 3.23. The van der Waals surface area contributed by atoms with Crippen molar-refractivity contribution in [3.8, 4) is 0 Å². The first-order valence-corrected chi connectivity index (χ1v) is 17.7. The van der Waals surface area contributed by atoms with Crippen LogP contribution in [0.4, 0.5) is 0 Å². The Morgan fingerprint density at radius 2 is 1.56 bits per heavy atom. The molecule has 6 heteroatoms. The minimum absolute atomic E-state index is 0.0956. The van der Waals surface area contributed by atoms with Crippen LogP contribution in [-0.4, -0.2) is 31.4 Å². The van der Waals surface area contributed by atoms with Gasteiger partial charge < -0.3 is 5.11 Å². The number of hydrogen-bond acceptors (Lipinski definition) is 4. The molecule has 5 rings (SSSR count). The molecule has 5 aliphatic carbocycles. The predicted octanol–water partition coefficient (Wildman–Crippen LogP) is 7.93. The van der Waals surface area contributed by atoms with E-state index in [0.29, 0.717) is 41.9 Å². The zero-order valence-electron chi connectivity index (χ0n) is 26.0. The van der Waals surface area contributed by atoms with Crippen LogP contribution in [0.25, 0.3) is 0 Å². The molecule has 5 saturated carbocycles. The topological polar surface area (TPSA) is 80.7 Å². The minimum atomic E-state index is -3.50. The molecule has 39 heavy (non-hydrogen) atoms. The second kappa shape index (κ2) is 9.44. The largest absolute Gasteiger partial charge is 0.481 e. The Morgan fingerprint density at radius 1 is 0.872 bits per heavy atom. The number of fused-ring (bicyclic) bond motifs is 7. The third kappa shape index (κ3) is 4.06. The molecule has 1 N–H and O–H groups in total. The molecule has 5 fully saturated rings. The first kappa shape index (κ1) is 29.9. The van der Waals surface area contributed by atoms with Crippen molar-refractivity contribution in [3.05, 3.63) is 0 Å². The maximum Gasteiger partial charge on any atom is 0.309 e. The summed E-state index contributed by atoms with van der Waals surface area (Å²) in [6.45, 7) is 18.7. The van der Waals surface area contributed by atoms with Crippen molar-refractivity contribution in [2.24, 2.45) is 62.6 Å². The molecule has 0 aromatic carbocycles. The smallest absolute Gasteiger partial charge is 0.309 e. The Bertz CT molecular complexity index is 1080. The highest BCUT2D eigenvalue weighted by Gasteiger charge is 2.72. The van der Waals surface area contributed by atoms with Gasteiger partial charge in [0, 0.05) is 0 Å². The van der Waals surface area contributed by atoms with E-state index in [0.717, 1.165) is 57.8 Å². The molecular weight excluding hydrogens is 508 g/mol. The molecule has 0 spiro atoms. The van der Waals surface area contributed by atoms with E-state index in [1.807, 2.05) is 6.92 Å². The molecule has 0 amide bonds. The molecule has 0 radical (unpaired) electrons. The van der Waals surface area contributed by atoms with Crippen molar-refractivity contribution in [2.75, 3.05) is 5.75 Å². The van der Waals surface area contributed by atoms with Gasteiger partial charge >= 0.3 is 5.97 Å². The van der Waals surface area contributed by atoms with Crippen LogP contribution in [0.3, 0.4) is 0 Å². The van der Waals surface area contributed by atoms with Gasteiger partial charge in [0.1, 0.15) is 0 Å². The Balaban J connectivity index is 1.48. The number of rotatable bonds is 6. The summed E-state index contributed by atoms with van der Waals surface area (Å²) in [6.07, 6.45) is 10.5. The highest BCUT2D eigenvalue weighted by Crippen LogP contribution is 2.77. The SMILES string of the molecule is CCCS(=O)(=O)OC1CC[C@@]2(C)C(CC[C@]3(C)C2CCC2C4[C@H](C(C)C)CC[C@]4(C(=O)O)CC[C@]23C)C1(C)C. The van der Waals surface area contributed by atoms with Gasteiger partial charge in [0.25, 0.3) is 10.1 Å². The lowest BCUT2D eigenvalue weighted by Crippen LogP contribution is -2.67. The van der Waals surface area contributed by atoms with Crippen LogP contribution in [0, 0.1) is 62.6 Å².